The Morgan fingerprint density at radius 1 is 1.23 bits per heavy atom. The summed E-state index contributed by atoms with van der Waals surface area (Å²) in [6.45, 7) is -0.0692. The molecule has 0 saturated carbocycles. The minimum atomic E-state index is -1.23. The van der Waals surface area contributed by atoms with Crippen LogP contribution >= 0.6 is 31.9 Å². The average Bonchev–Trinajstić information content (AvgIpc) is 2.41. The normalized spacial score (nSPS) is 12.0. The topological polar surface area (TPSA) is 62.2 Å². The summed E-state index contributed by atoms with van der Waals surface area (Å²) in [4.78, 5) is 15.0. The van der Waals surface area contributed by atoms with Crippen LogP contribution in [-0.4, -0.2) is 22.7 Å². The maximum Gasteiger partial charge on any atom is 0.404 e. The van der Waals surface area contributed by atoms with E-state index in [9.17, 15) is 13.6 Å². The third-order valence-electron chi connectivity index (χ3n) is 2.91. The molecule has 0 bridgehead atoms. The van der Waals surface area contributed by atoms with Gasteiger partial charge in [0.2, 0.25) is 0 Å². The third-order valence-corrected chi connectivity index (χ3v) is 4.03. The zero-order valence-electron chi connectivity index (χ0n) is 11.0. The molecule has 1 heterocycles. The van der Waals surface area contributed by atoms with Gasteiger partial charge in [0, 0.05) is 23.0 Å². The molecule has 0 spiro atoms. The van der Waals surface area contributed by atoms with Crippen molar-refractivity contribution in [1.29, 1.82) is 0 Å². The molecule has 1 aromatic heterocycles. The van der Waals surface area contributed by atoms with Gasteiger partial charge in [-0.1, -0.05) is 0 Å². The first kappa shape index (κ1) is 16.8. The second kappa shape index (κ2) is 7.15. The van der Waals surface area contributed by atoms with Gasteiger partial charge in [0.05, 0.1) is 5.69 Å². The van der Waals surface area contributed by atoms with E-state index in [0.717, 1.165) is 18.2 Å². The van der Waals surface area contributed by atoms with Gasteiger partial charge >= 0.3 is 6.09 Å². The van der Waals surface area contributed by atoms with E-state index < -0.39 is 23.6 Å². The predicted molar refractivity (Wildman–Crippen MR) is 83.9 cm³/mol. The number of carboxylic acid groups (broad SMARTS) is 1. The fraction of sp³-hybridized carbons (Fsp3) is 0.143. The van der Waals surface area contributed by atoms with Crippen molar-refractivity contribution in [3.8, 4) is 0 Å². The number of amides is 1. The van der Waals surface area contributed by atoms with E-state index >= 15 is 0 Å². The summed E-state index contributed by atoms with van der Waals surface area (Å²) in [6, 6.07) is 6.49. The molecule has 1 amide bonds. The van der Waals surface area contributed by atoms with Crippen molar-refractivity contribution in [3.63, 3.8) is 0 Å². The molecular formula is C14H10Br2F2N2O2. The van der Waals surface area contributed by atoms with Gasteiger partial charge in [0.15, 0.2) is 0 Å². The molecule has 0 aliphatic rings. The van der Waals surface area contributed by atoms with Gasteiger partial charge in [-0.2, -0.15) is 0 Å². The summed E-state index contributed by atoms with van der Waals surface area (Å²) in [5.74, 6) is -2.11. The van der Waals surface area contributed by atoms with Gasteiger partial charge in [-0.15, -0.1) is 0 Å². The van der Waals surface area contributed by atoms with E-state index in [1.807, 2.05) is 0 Å². The highest BCUT2D eigenvalue weighted by atomic mass is 79.9. The van der Waals surface area contributed by atoms with Gasteiger partial charge in [0.1, 0.15) is 16.2 Å². The number of hydrogen-bond acceptors (Lipinski definition) is 2. The molecule has 0 aliphatic carbocycles. The Bertz CT molecular complexity index is 693. The second-order valence-corrected chi connectivity index (χ2v) is 6.11. The number of hydrogen-bond donors (Lipinski definition) is 2. The van der Waals surface area contributed by atoms with Crippen LogP contribution in [0.4, 0.5) is 13.6 Å². The van der Waals surface area contributed by atoms with Crippen LogP contribution in [0.15, 0.2) is 39.4 Å². The average molecular weight is 436 g/mol. The smallest absolute Gasteiger partial charge is 0.404 e. The Morgan fingerprint density at radius 3 is 2.45 bits per heavy atom. The molecule has 2 N–H and O–H groups in total. The number of carbonyl (C=O) groups is 1. The van der Waals surface area contributed by atoms with Crippen molar-refractivity contribution < 1.29 is 18.7 Å². The number of rotatable bonds is 4. The molecule has 8 heteroatoms. The number of nitrogens with one attached hydrogen (secondary N) is 1. The van der Waals surface area contributed by atoms with Gasteiger partial charge in [-0.3, -0.25) is 0 Å². The highest BCUT2D eigenvalue weighted by Gasteiger charge is 2.21. The van der Waals surface area contributed by atoms with E-state index in [-0.39, 0.29) is 12.1 Å². The SMILES string of the molecule is O=C(O)NC[C@@H](c1cc(F)cc(F)c1)c1nc(Br)ccc1Br. The van der Waals surface area contributed by atoms with Crippen molar-refractivity contribution in [2.45, 2.75) is 5.92 Å². The maximum absolute atomic E-state index is 13.5. The number of benzene rings is 1. The fourth-order valence-electron chi connectivity index (χ4n) is 2.02. The first-order chi connectivity index (χ1) is 10.4. The van der Waals surface area contributed by atoms with E-state index in [0.29, 0.717) is 14.8 Å². The van der Waals surface area contributed by atoms with Crippen molar-refractivity contribution >= 4 is 38.0 Å². The molecule has 2 aromatic rings. The monoisotopic (exact) mass is 434 g/mol. The van der Waals surface area contributed by atoms with E-state index in [2.05, 4.69) is 42.2 Å². The van der Waals surface area contributed by atoms with Crippen LogP contribution in [0.1, 0.15) is 17.2 Å². The zero-order chi connectivity index (χ0) is 16.3. The second-order valence-electron chi connectivity index (χ2n) is 4.44. The van der Waals surface area contributed by atoms with Gasteiger partial charge < -0.3 is 10.4 Å². The summed E-state index contributed by atoms with van der Waals surface area (Å²) in [7, 11) is 0. The van der Waals surface area contributed by atoms with Crippen LogP contribution in [0.2, 0.25) is 0 Å². The lowest BCUT2D eigenvalue weighted by Gasteiger charge is -2.19. The molecule has 0 aliphatic heterocycles. The molecule has 116 valence electrons. The lowest BCUT2D eigenvalue weighted by Crippen LogP contribution is -2.28. The molecular weight excluding hydrogens is 426 g/mol. The van der Waals surface area contributed by atoms with Gasteiger partial charge in [-0.25, -0.2) is 18.6 Å². The molecule has 1 aromatic carbocycles. The van der Waals surface area contributed by atoms with Crippen LogP contribution in [0, 0.1) is 11.6 Å². The van der Waals surface area contributed by atoms with Crippen LogP contribution in [-0.2, 0) is 0 Å². The van der Waals surface area contributed by atoms with Crippen molar-refractivity contribution in [1.82, 2.24) is 10.3 Å². The van der Waals surface area contributed by atoms with Gasteiger partial charge in [-0.05, 0) is 61.7 Å². The van der Waals surface area contributed by atoms with E-state index in [1.165, 1.54) is 0 Å². The Balaban J connectivity index is 2.50. The highest BCUT2D eigenvalue weighted by molar-refractivity contribution is 9.11. The molecule has 1 atom stereocenters. The number of halogens is 4. The van der Waals surface area contributed by atoms with E-state index in [4.69, 9.17) is 5.11 Å². The molecule has 22 heavy (non-hydrogen) atoms. The summed E-state index contributed by atoms with van der Waals surface area (Å²) in [6.07, 6.45) is -1.23. The Hall–Kier alpha value is -1.54. The summed E-state index contributed by atoms with van der Waals surface area (Å²) < 4.78 is 28.1. The number of aromatic nitrogens is 1. The molecule has 0 fully saturated rings. The van der Waals surface area contributed by atoms with Crippen LogP contribution in [0.25, 0.3) is 0 Å². The maximum atomic E-state index is 13.5. The Labute approximate surface area is 141 Å². The summed E-state index contributed by atoms with van der Waals surface area (Å²) in [5.41, 5.74) is 0.755. The van der Waals surface area contributed by atoms with Crippen LogP contribution < -0.4 is 5.32 Å². The highest BCUT2D eigenvalue weighted by Crippen LogP contribution is 2.30. The predicted octanol–water partition coefficient (Wildman–Crippen LogP) is 4.28. The molecule has 2 rings (SSSR count). The third kappa shape index (κ3) is 4.23. The zero-order valence-corrected chi connectivity index (χ0v) is 14.2. The lowest BCUT2D eigenvalue weighted by molar-refractivity contribution is 0.194. The molecule has 4 nitrogen and oxygen atoms in total. The van der Waals surface area contributed by atoms with Crippen LogP contribution in [0.5, 0.6) is 0 Å². The fourth-order valence-corrected chi connectivity index (χ4v) is 2.84. The van der Waals surface area contributed by atoms with Crippen molar-refractivity contribution in [2.24, 2.45) is 0 Å². The first-order valence-corrected chi connectivity index (χ1v) is 7.70. The molecule has 0 radical (unpaired) electrons. The largest absolute Gasteiger partial charge is 0.465 e. The Morgan fingerprint density at radius 2 is 1.86 bits per heavy atom. The van der Waals surface area contributed by atoms with Crippen molar-refractivity contribution in [3.05, 3.63) is 62.3 Å². The van der Waals surface area contributed by atoms with E-state index in [1.54, 1.807) is 12.1 Å². The van der Waals surface area contributed by atoms with Crippen molar-refractivity contribution in [2.75, 3.05) is 6.54 Å². The standard InChI is InChI=1S/C14H10Br2F2N2O2/c15-11-1-2-12(16)20-13(11)10(6-19-14(21)22)7-3-8(17)5-9(18)4-7/h1-5,10,19H,6H2,(H,21,22)/t10-/m0/s1. The quantitative estimate of drug-likeness (QED) is 0.704. The Kier molecular flexibility index (Phi) is 5.47. The minimum Gasteiger partial charge on any atom is -0.465 e. The lowest BCUT2D eigenvalue weighted by atomic mass is 9.94. The minimum absolute atomic E-state index is 0.0692. The molecule has 0 unspecified atom stereocenters. The summed E-state index contributed by atoms with van der Waals surface area (Å²) in [5, 5.41) is 11.0. The van der Waals surface area contributed by atoms with Crippen LogP contribution in [0.3, 0.4) is 0 Å². The number of nitrogens with zero attached hydrogens (tertiary/aromatic N) is 1. The molecule has 0 saturated heterocycles. The summed E-state index contributed by atoms with van der Waals surface area (Å²) >= 11 is 6.56. The number of pyridine rings is 1. The first-order valence-electron chi connectivity index (χ1n) is 6.11. The van der Waals surface area contributed by atoms with Gasteiger partial charge in [0.25, 0.3) is 0 Å².